The van der Waals surface area contributed by atoms with Gasteiger partial charge >= 0.3 is 7.82 Å². The minimum atomic E-state index is -4.81. The molecule has 0 radical (unpaired) electrons. The Morgan fingerprint density at radius 3 is 1.71 bits per heavy atom. The zero-order chi connectivity index (χ0) is 5.21. The molecule has 7 heavy (non-hydrogen) atoms. The molecule has 0 amide bonds. The monoisotopic (exact) mass is 354 g/mol. The number of phosphoric acid groups is 1. The van der Waals surface area contributed by atoms with Crippen LogP contribution in [0.2, 0.25) is 0 Å². The topological polar surface area (TPSA) is 66.8 Å². The van der Waals surface area contributed by atoms with Crippen LogP contribution in [-0.4, -0.2) is 9.79 Å². The van der Waals surface area contributed by atoms with E-state index in [4.69, 9.17) is 14.4 Å². The SMILES string of the molecule is O=P(O)(O)OF.[U]. The van der Waals surface area contributed by atoms with E-state index in [0.29, 0.717) is 0 Å². The predicted octanol–water partition coefficient (Wildman–Crippen LogP) is -0.0198. The third-order valence-corrected chi connectivity index (χ3v) is 0.270. The quantitative estimate of drug-likeness (QED) is 0.650. The summed E-state index contributed by atoms with van der Waals surface area (Å²) in [5, 5.41) is 0. The second kappa shape index (κ2) is 4.02. The summed E-state index contributed by atoms with van der Waals surface area (Å²) in [5.41, 5.74) is 0. The minimum absolute atomic E-state index is 0. The van der Waals surface area contributed by atoms with Crippen molar-refractivity contribution >= 4 is 7.82 Å². The van der Waals surface area contributed by atoms with Gasteiger partial charge in [0.15, 0.2) is 0 Å². The first-order valence-electron chi connectivity index (χ1n) is 0.919. The van der Waals surface area contributed by atoms with Gasteiger partial charge in [-0.3, -0.25) is 0 Å². The number of hydrogen-bond acceptors (Lipinski definition) is 2. The van der Waals surface area contributed by atoms with E-state index >= 15 is 0 Å². The van der Waals surface area contributed by atoms with Crippen LogP contribution in [0.5, 0.6) is 0 Å². The Balaban J connectivity index is 0. The third-order valence-electron chi connectivity index (χ3n) is 0.0899. The molecule has 4 nitrogen and oxygen atoms in total. The molecule has 0 rings (SSSR count). The average Bonchev–Trinajstić information content (AvgIpc) is 1.35. The molecule has 0 aromatic rings. The van der Waals surface area contributed by atoms with Gasteiger partial charge < -0.3 is 9.79 Å². The van der Waals surface area contributed by atoms with E-state index < -0.39 is 7.82 Å². The maximum Gasteiger partial charge on any atom is 0.500 e. The van der Waals surface area contributed by atoms with Crippen molar-refractivity contribution in [3.63, 3.8) is 0 Å². The van der Waals surface area contributed by atoms with Crippen molar-refractivity contribution in [1.82, 2.24) is 0 Å². The van der Waals surface area contributed by atoms with Crippen molar-refractivity contribution in [2.75, 3.05) is 0 Å². The van der Waals surface area contributed by atoms with Gasteiger partial charge in [-0.15, -0.1) is 0 Å². The summed E-state index contributed by atoms with van der Waals surface area (Å²) in [5.74, 6) is 0. The van der Waals surface area contributed by atoms with E-state index in [-0.39, 0.29) is 31.1 Å². The number of halogens is 1. The van der Waals surface area contributed by atoms with Gasteiger partial charge in [0.2, 0.25) is 0 Å². The molecule has 0 atom stereocenters. The van der Waals surface area contributed by atoms with Crippen molar-refractivity contribution in [3.8, 4) is 0 Å². The normalized spacial score (nSPS) is 10.1. The van der Waals surface area contributed by atoms with E-state index in [2.05, 4.69) is 4.73 Å². The molecule has 0 aliphatic rings. The van der Waals surface area contributed by atoms with Crippen LogP contribution in [0.15, 0.2) is 0 Å². The first-order chi connectivity index (χ1) is 2.56. The molecule has 2 N–H and O–H groups in total. The summed E-state index contributed by atoms with van der Waals surface area (Å²) in [6.07, 6.45) is 0. The van der Waals surface area contributed by atoms with Gasteiger partial charge in [-0.05, 0) is 4.53 Å². The van der Waals surface area contributed by atoms with Crippen molar-refractivity contribution in [2.45, 2.75) is 0 Å². The van der Waals surface area contributed by atoms with Gasteiger partial charge in [-0.1, -0.05) is 4.73 Å². The van der Waals surface area contributed by atoms with E-state index in [1.807, 2.05) is 0 Å². The Kier molecular flexibility index (Phi) is 6.30. The zero-order valence-corrected chi connectivity index (χ0v) is 8.09. The third kappa shape index (κ3) is 11.0. The first-order valence-corrected chi connectivity index (χ1v) is 2.45. The van der Waals surface area contributed by atoms with Gasteiger partial charge in [-0.25, -0.2) is 4.57 Å². The Hall–Kier alpha value is 1.09. The molecule has 0 aromatic carbocycles. The van der Waals surface area contributed by atoms with Gasteiger partial charge in [0.25, 0.3) is 0 Å². The fraction of sp³-hybridized carbons (Fsp3) is 0. The molecule has 0 bridgehead atoms. The molecule has 0 unspecified atom stereocenters. The Bertz CT molecular complexity index is 75.8. The van der Waals surface area contributed by atoms with Gasteiger partial charge in [0, 0.05) is 31.1 Å². The van der Waals surface area contributed by atoms with Gasteiger partial charge in [0.05, 0.1) is 0 Å². The van der Waals surface area contributed by atoms with Crippen LogP contribution in [0, 0.1) is 31.1 Å². The molecular formula is H2FO4PU. The van der Waals surface area contributed by atoms with Crippen LogP contribution in [0.25, 0.3) is 0 Å². The Morgan fingerprint density at radius 1 is 1.57 bits per heavy atom. The van der Waals surface area contributed by atoms with Crippen molar-refractivity contribution in [3.05, 3.63) is 0 Å². The largest absolute Gasteiger partial charge is 0.500 e. The molecule has 42 valence electrons. The van der Waals surface area contributed by atoms with Crippen molar-refractivity contribution < 1.29 is 54.7 Å². The van der Waals surface area contributed by atoms with Crippen molar-refractivity contribution in [1.29, 1.82) is 0 Å². The second-order valence-corrected chi connectivity index (χ2v) is 1.68. The first kappa shape index (κ1) is 11.0. The summed E-state index contributed by atoms with van der Waals surface area (Å²) >= 11 is 0. The predicted molar refractivity (Wildman–Crippen MR) is 14.2 cm³/mol. The molecular weight excluding hydrogens is 352 g/mol. The van der Waals surface area contributed by atoms with Crippen LogP contribution in [-0.2, 0) is 9.29 Å². The van der Waals surface area contributed by atoms with Gasteiger partial charge in [0.1, 0.15) is 0 Å². The molecule has 0 aliphatic carbocycles. The fourth-order valence-electron chi connectivity index (χ4n) is 0. The minimum Gasteiger partial charge on any atom is -0.301 e. The molecule has 0 aliphatic heterocycles. The van der Waals surface area contributed by atoms with Crippen LogP contribution >= 0.6 is 7.82 Å². The fourth-order valence-corrected chi connectivity index (χ4v) is 0. The zero-order valence-electron chi connectivity index (χ0n) is 3.04. The molecule has 0 aromatic heterocycles. The maximum absolute atomic E-state index is 10.2. The smallest absolute Gasteiger partial charge is 0.301 e. The average molecular weight is 354 g/mol. The van der Waals surface area contributed by atoms with E-state index in [1.54, 1.807) is 0 Å². The van der Waals surface area contributed by atoms with E-state index in [1.165, 1.54) is 0 Å². The Labute approximate surface area is 62.6 Å². The molecule has 0 saturated heterocycles. The molecule has 0 fully saturated rings. The van der Waals surface area contributed by atoms with E-state index in [0.717, 1.165) is 0 Å². The second-order valence-electron chi connectivity index (χ2n) is 0.560. The summed E-state index contributed by atoms with van der Waals surface area (Å²) in [6, 6.07) is 0. The number of hydrogen-bond donors (Lipinski definition) is 2. The standard InChI is InChI=1S/FH2O4P.U/c1-5-6(2,3)4;/h(H2,2,3,4);. The Morgan fingerprint density at radius 2 is 1.71 bits per heavy atom. The van der Waals surface area contributed by atoms with E-state index in [9.17, 15) is 4.53 Å². The van der Waals surface area contributed by atoms with Crippen molar-refractivity contribution in [2.24, 2.45) is 0 Å². The van der Waals surface area contributed by atoms with Crippen LogP contribution < -0.4 is 0 Å². The van der Waals surface area contributed by atoms with Gasteiger partial charge in [-0.2, -0.15) is 0 Å². The summed E-state index contributed by atoms with van der Waals surface area (Å²) < 4.78 is 21.4. The maximum atomic E-state index is 10.2. The molecule has 0 heterocycles. The van der Waals surface area contributed by atoms with Crippen LogP contribution in [0.4, 0.5) is 4.53 Å². The van der Waals surface area contributed by atoms with Crippen LogP contribution in [0.1, 0.15) is 0 Å². The van der Waals surface area contributed by atoms with Crippen LogP contribution in [0.3, 0.4) is 0 Å². The number of rotatable bonds is 1. The molecule has 0 spiro atoms. The summed E-state index contributed by atoms with van der Waals surface area (Å²) in [7, 11) is -4.81. The molecule has 0 saturated carbocycles. The summed E-state index contributed by atoms with van der Waals surface area (Å²) in [4.78, 5) is 14.7. The molecule has 7 heteroatoms. The summed E-state index contributed by atoms with van der Waals surface area (Å²) in [6.45, 7) is 0.